The maximum Gasteiger partial charge on any atom is 0.234 e. The van der Waals surface area contributed by atoms with Crippen LogP contribution in [0.3, 0.4) is 0 Å². The number of unbranched alkanes of at least 4 members (excludes halogenated alkanes) is 2. The molecule has 1 atom stereocenters. The van der Waals surface area contributed by atoms with Crippen LogP contribution in [-0.4, -0.2) is 59.5 Å². The molecule has 4 N–H and O–H groups in total. The molecule has 2 amide bonds. The molecule has 34 heavy (non-hydrogen) atoms. The van der Waals surface area contributed by atoms with Crippen LogP contribution in [0.2, 0.25) is 0 Å². The number of hydrogen-bond acceptors (Lipinski definition) is 5. The molecule has 1 aliphatic heterocycles. The minimum absolute atomic E-state index is 0.0207. The Bertz CT molecular complexity index is 1110. The number of hydrogen-bond donors (Lipinski definition) is 3. The van der Waals surface area contributed by atoms with Crippen LogP contribution in [0.1, 0.15) is 44.0 Å². The Kier molecular flexibility index (Phi) is 8.27. The summed E-state index contributed by atoms with van der Waals surface area (Å²) in [4.78, 5) is 34.0. The molecule has 3 aromatic rings. The summed E-state index contributed by atoms with van der Waals surface area (Å²) in [6.07, 6.45) is 5.44. The second-order valence-corrected chi connectivity index (χ2v) is 8.82. The van der Waals surface area contributed by atoms with E-state index in [9.17, 15) is 9.59 Å². The van der Waals surface area contributed by atoms with Crippen molar-refractivity contribution < 1.29 is 14.3 Å². The van der Waals surface area contributed by atoms with E-state index in [0.29, 0.717) is 26.2 Å². The minimum Gasteiger partial charge on any atom is -0.379 e. The van der Waals surface area contributed by atoms with E-state index in [1.54, 1.807) is 0 Å². The first-order chi connectivity index (χ1) is 16.6. The number of rotatable bonds is 11. The normalized spacial score (nSPS) is 15.3. The summed E-state index contributed by atoms with van der Waals surface area (Å²) in [5.74, 6) is 0.447. The monoisotopic (exact) mass is 463 g/mol. The molecule has 1 aromatic heterocycles. The molecule has 2 aromatic carbocycles. The molecular weight excluding hydrogens is 430 g/mol. The molecule has 0 unspecified atom stereocenters. The van der Waals surface area contributed by atoms with Gasteiger partial charge >= 0.3 is 0 Å². The minimum atomic E-state index is -0.276. The number of aromatic amines is 1. The van der Waals surface area contributed by atoms with Gasteiger partial charge in [-0.2, -0.15) is 0 Å². The van der Waals surface area contributed by atoms with Crippen molar-refractivity contribution in [1.29, 1.82) is 0 Å². The summed E-state index contributed by atoms with van der Waals surface area (Å²) < 4.78 is 5.37. The highest BCUT2D eigenvalue weighted by molar-refractivity contribution is 5.86. The number of fused-ring (bicyclic) bond motifs is 1. The van der Waals surface area contributed by atoms with Crippen LogP contribution in [0.25, 0.3) is 22.0 Å². The number of nitrogens with zero attached hydrogens (tertiary/aromatic N) is 2. The van der Waals surface area contributed by atoms with Crippen molar-refractivity contribution in [1.82, 2.24) is 20.2 Å². The number of nitrogens with one attached hydrogen (secondary N) is 2. The zero-order valence-electron chi connectivity index (χ0n) is 19.5. The van der Waals surface area contributed by atoms with Gasteiger partial charge in [0.2, 0.25) is 11.8 Å². The number of morpholine rings is 1. The van der Waals surface area contributed by atoms with Gasteiger partial charge in [0.1, 0.15) is 5.82 Å². The number of benzene rings is 2. The van der Waals surface area contributed by atoms with Gasteiger partial charge in [0.05, 0.1) is 37.7 Å². The Morgan fingerprint density at radius 2 is 1.88 bits per heavy atom. The van der Waals surface area contributed by atoms with Gasteiger partial charge in [-0.15, -0.1) is 0 Å². The van der Waals surface area contributed by atoms with Crippen LogP contribution >= 0.6 is 0 Å². The van der Waals surface area contributed by atoms with Crippen LogP contribution < -0.4 is 11.1 Å². The zero-order chi connectivity index (χ0) is 23.8. The standard InChI is InChI=1S/C26H33N5O3/c27-24(32)9-3-1-2-8-22(29-25(33)18-31-12-14-34-15-13-31)26-28-17-23(30-26)21-11-10-19-6-4-5-7-20(19)16-21/h4-7,10-11,16-17,22H,1-3,8-9,12-15,18H2,(H2,27,32)(H,28,30)(H,29,33)/t22-/m0/s1. The van der Waals surface area contributed by atoms with Crippen LogP contribution in [0, 0.1) is 0 Å². The molecule has 1 saturated heterocycles. The van der Waals surface area contributed by atoms with Crippen molar-refractivity contribution in [3.63, 3.8) is 0 Å². The largest absolute Gasteiger partial charge is 0.379 e. The summed E-state index contributed by atoms with van der Waals surface area (Å²) in [5, 5.41) is 5.53. The Balaban J connectivity index is 1.44. The third kappa shape index (κ3) is 6.65. The van der Waals surface area contributed by atoms with Gasteiger partial charge in [-0.3, -0.25) is 14.5 Å². The van der Waals surface area contributed by atoms with Gasteiger partial charge in [0.15, 0.2) is 0 Å². The fraction of sp³-hybridized carbons (Fsp3) is 0.423. The Morgan fingerprint density at radius 1 is 1.09 bits per heavy atom. The van der Waals surface area contributed by atoms with E-state index in [4.69, 9.17) is 10.5 Å². The molecule has 1 fully saturated rings. The van der Waals surface area contributed by atoms with Crippen molar-refractivity contribution in [2.45, 2.75) is 38.1 Å². The molecule has 180 valence electrons. The van der Waals surface area contributed by atoms with E-state index in [0.717, 1.165) is 55.9 Å². The maximum absolute atomic E-state index is 12.8. The summed E-state index contributed by atoms with van der Waals surface area (Å²) in [6.45, 7) is 3.18. The van der Waals surface area contributed by atoms with Gasteiger partial charge in [0, 0.05) is 25.1 Å². The first-order valence-electron chi connectivity index (χ1n) is 12.0. The fourth-order valence-electron chi connectivity index (χ4n) is 4.32. The van der Waals surface area contributed by atoms with Gasteiger partial charge in [0.25, 0.3) is 0 Å². The van der Waals surface area contributed by atoms with E-state index < -0.39 is 0 Å². The number of nitrogens with two attached hydrogens (primary N) is 1. The maximum atomic E-state index is 12.8. The molecule has 0 aliphatic carbocycles. The number of ether oxygens (including phenoxy) is 1. The van der Waals surface area contributed by atoms with Crippen molar-refractivity contribution in [2.75, 3.05) is 32.8 Å². The van der Waals surface area contributed by atoms with E-state index in [-0.39, 0.29) is 17.9 Å². The van der Waals surface area contributed by atoms with Crippen molar-refractivity contribution >= 4 is 22.6 Å². The third-order valence-electron chi connectivity index (χ3n) is 6.21. The lowest BCUT2D eigenvalue weighted by molar-refractivity contribution is -0.124. The number of H-pyrrole nitrogens is 1. The molecule has 8 nitrogen and oxygen atoms in total. The Hall–Kier alpha value is -3.23. The lowest BCUT2D eigenvalue weighted by Gasteiger charge is -2.26. The van der Waals surface area contributed by atoms with Gasteiger partial charge in [-0.25, -0.2) is 4.98 Å². The number of amides is 2. The molecular formula is C26H33N5O3. The zero-order valence-corrected chi connectivity index (χ0v) is 19.5. The van der Waals surface area contributed by atoms with Gasteiger partial charge in [-0.05, 0) is 29.7 Å². The highest BCUT2D eigenvalue weighted by Gasteiger charge is 2.21. The third-order valence-corrected chi connectivity index (χ3v) is 6.21. The second-order valence-electron chi connectivity index (χ2n) is 8.82. The van der Waals surface area contributed by atoms with E-state index in [1.165, 1.54) is 10.8 Å². The summed E-state index contributed by atoms with van der Waals surface area (Å²) in [7, 11) is 0. The topological polar surface area (TPSA) is 113 Å². The molecule has 0 saturated carbocycles. The molecule has 0 radical (unpaired) electrons. The number of primary amides is 1. The summed E-state index contributed by atoms with van der Waals surface area (Å²) in [5.41, 5.74) is 7.22. The lowest BCUT2D eigenvalue weighted by atomic mass is 10.1. The Morgan fingerprint density at radius 3 is 2.68 bits per heavy atom. The van der Waals surface area contributed by atoms with Crippen molar-refractivity contribution in [3.05, 3.63) is 54.5 Å². The molecule has 8 heteroatoms. The predicted octanol–water partition coefficient (Wildman–Crippen LogP) is 3.16. The molecule has 1 aliphatic rings. The average molecular weight is 464 g/mol. The number of imidazole rings is 1. The van der Waals surface area contributed by atoms with Crippen LogP contribution in [0.5, 0.6) is 0 Å². The molecule has 0 spiro atoms. The summed E-state index contributed by atoms with van der Waals surface area (Å²) in [6, 6.07) is 14.3. The SMILES string of the molecule is NC(=O)CCCCC[C@H](NC(=O)CN1CCOCC1)c1ncc(-c2ccc3ccccc3c2)[nH]1. The van der Waals surface area contributed by atoms with Crippen LogP contribution in [0.15, 0.2) is 48.7 Å². The highest BCUT2D eigenvalue weighted by Crippen LogP contribution is 2.25. The van der Waals surface area contributed by atoms with E-state index in [2.05, 4.69) is 50.5 Å². The average Bonchev–Trinajstić information content (AvgIpc) is 3.33. The first kappa shape index (κ1) is 23.9. The first-order valence-corrected chi connectivity index (χ1v) is 12.0. The van der Waals surface area contributed by atoms with Crippen molar-refractivity contribution in [3.8, 4) is 11.3 Å². The number of carbonyl (C=O) groups is 2. The molecule has 4 rings (SSSR count). The Labute approximate surface area is 199 Å². The highest BCUT2D eigenvalue weighted by atomic mass is 16.5. The van der Waals surface area contributed by atoms with Crippen LogP contribution in [0.4, 0.5) is 0 Å². The lowest BCUT2D eigenvalue weighted by Crippen LogP contribution is -2.44. The second kappa shape index (κ2) is 11.8. The van der Waals surface area contributed by atoms with Crippen molar-refractivity contribution in [2.24, 2.45) is 5.73 Å². The quantitative estimate of drug-likeness (QED) is 0.378. The van der Waals surface area contributed by atoms with E-state index in [1.807, 2.05) is 18.3 Å². The van der Waals surface area contributed by atoms with Gasteiger partial charge in [-0.1, -0.05) is 49.2 Å². The number of carbonyl (C=O) groups excluding carboxylic acids is 2. The van der Waals surface area contributed by atoms with Gasteiger partial charge < -0.3 is 20.8 Å². The smallest absolute Gasteiger partial charge is 0.234 e. The number of aromatic nitrogens is 2. The van der Waals surface area contributed by atoms with E-state index >= 15 is 0 Å². The fourth-order valence-corrected chi connectivity index (χ4v) is 4.32. The summed E-state index contributed by atoms with van der Waals surface area (Å²) >= 11 is 0. The predicted molar refractivity (Wildman–Crippen MR) is 132 cm³/mol. The molecule has 0 bridgehead atoms. The van der Waals surface area contributed by atoms with Crippen LogP contribution in [-0.2, 0) is 14.3 Å². The molecule has 2 heterocycles.